The van der Waals surface area contributed by atoms with Crippen LogP contribution >= 0.6 is 11.5 Å². The lowest BCUT2D eigenvalue weighted by Gasteiger charge is -2.19. The molecule has 1 aromatic rings. The topological polar surface area (TPSA) is 32.3 Å². The lowest BCUT2D eigenvalue weighted by atomic mass is 9.93. The van der Waals surface area contributed by atoms with Gasteiger partial charge in [0.2, 0.25) is 5.95 Å². The zero-order valence-electron chi connectivity index (χ0n) is 9.18. The number of anilines is 1. The highest BCUT2D eigenvalue weighted by molar-refractivity contribution is 7.05. The maximum absolute atomic E-state index is 4.62. The van der Waals surface area contributed by atoms with E-state index in [2.05, 4.69) is 14.3 Å². The summed E-state index contributed by atoms with van der Waals surface area (Å²) in [5.41, 5.74) is 0. The van der Waals surface area contributed by atoms with Crippen molar-refractivity contribution in [2.45, 2.75) is 12.3 Å². The first-order chi connectivity index (χ1) is 7.24. The summed E-state index contributed by atoms with van der Waals surface area (Å²) in [5, 5.41) is 1.24. The summed E-state index contributed by atoms with van der Waals surface area (Å²) < 4.78 is 4.38. The molecule has 1 aromatic heterocycles. The van der Waals surface area contributed by atoms with Crippen molar-refractivity contribution in [1.29, 1.82) is 0 Å². The Kier molecular flexibility index (Phi) is 2.17. The van der Waals surface area contributed by atoms with E-state index in [4.69, 9.17) is 0 Å². The molecule has 2 unspecified atom stereocenters. The predicted octanol–water partition coefficient (Wildman–Crippen LogP) is 1.02. The minimum Gasteiger partial charge on any atom is -0.346 e. The molecule has 15 heavy (non-hydrogen) atoms. The van der Waals surface area contributed by atoms with E-state index in [0.717, 1.165) is 11.9 Å². The van der Waals surface area contributed by atoms with Crippen molar-refractivity contribution in [3.8, 4) is 0 Å². The Morgan fingerprint density at radius 2 is 2.27 bits per heavy atom. The van der Waals surface area contributed by atoms with Gasteiger partial charge in [-0.15, -0.1) is 0 Å². The summed E-state index contributed by atoms with van der Waals surface area (Å²) in [4.78, 5) is 9.14. The number of nitrogens with zero attached hydrogens (tertiary/aromatic N) is 4. The fourth-order valence-corrected chi connectivity index (χ4v) is 3.53. The molecule has 0 amide bonds. The molecule has 0 saturated carbocycles. The first-order valence-electron chi connectivity index (χ1n) is 5.47. The van der Waals surface area contributed by atoms with Crippen LogP contribution in [0.5, 0.6) is 0 Å². The van der Waals surface area contributed by atoms with Gasteiger partial charge in [-0.25, -0.2) is 4.98 Å². The predicted molar refractivity (Wildman–Crippen MR) is 61.5 cm³/mol. The molecule has 2 saturated heterocycles. The van der Waals surface area contributed by atoms with Crippen molar-refractivity contribution >= 4 is 17.5 Å². The molecule has 0 spiro atoms. The molecule has 0 aliphatic carbocycles. The standard InChI is InChI=1S/C10H16N4S/c1-13(2)10-11-9(15-12-10)8-6-14-4-3-7(8)5-14/h7-8H,3-6H2,1-2H3/t7?,8-/m1/s1. The van der Waals surface area contributed by atoms with Crippen LogP contribution in [-0.2, 0) is 0 Å². The molecule has 4 nitrogen and oxygen atoms in total. The summed E-state index contributed by atoms with van der Waals surface area (Å²) in [5.74, 6) is 2.37. The molecule has 0 N–H and O–H groups in total. The number of piperidine rings is 1. The van der Waals surface area contributed by atoms with E-state index in [1.165, 1.54) is 31.1 Å². The van der Waals surface area contributed by atoms with Gasteiger partial charge in [-0.2, -0.15) is 4.37 Å². The maximum atomic E-state index is 4.62. The van der Waals surface area contributed by atoms with Gasteiger partial charge in [0.25, 0.3) is 0 Å². The summed E-state index contributed by atoms with van der Waals surface area (Å²) in [6.45, 7) is 3.77. The fourth-order valence-electron chi connectivity index (χ4n) is 2.62. The second-order valence-electron chi connectivity index (χ2n) is 4.74. The molecule has 0 aromatic carbocycles. The molecule has 2 fully saturated rings. The van der Waals surface area contributed by atoms with Crippen molar-refractivity contribution in [2.24, 2.45) is 5.92 Å². The molecular formula is C10H16N4S. The Balaban J connectivity index is 1.81. The van der Waals surface area contributed by atoms with Gasteiger partial charge in [0.1, 0.15) is 5.01 Å². The van der Waals surface area contributed by atoms with Gasteiger partial charge < -0.3 is 9.80 Å². The van der Waals surface area contributed by atoms with E-state index in [0.29, 0.717) is 5.92 Å². The van der Waals surface area contributed by atoms with Gasteiger partial charge in [-0.05, 0) is 30.4 Å². The average molecular weight is 224 g/mol. The Morgan fingerprint density at radius 1 is 1.40 bits per heavy atom. The highest BCUT2D eigenvalue weighted by Crippen LogP contribution is 2.40. The van der Waals surface area contributed by atoms with Crippen molar-refractivity contribution in [1.82, 2.24) is 14.3 Å². The first kappa shape index (κ1) is 9.54. The number of hydrogen-bond donors (Lipinski definition) is 0. The lowest BCUT2D eigenvalue weighted by Crippen LogP contribution is -2.22. The Morgan fingerprint density at radius 3 is 2.80 bits per heavy atom. The normalized spacial score (nSPS) is 33.6. The monoisotopic (exact) mass is 224 g/mol. The van der Waals surface area contributed by atoms with Crippen molar-refractivity contribution in [2.75, 3.05) is 38.6 Å². The number of rotatable bonds is 2. The number of fused-ring (bicyclic) bond motifs is 2. The summed E-state index contributed by atoms with van der Waals surface area (Å²) >= 11 is 1.59. The minimum absolute atomic E-state index is 0.657. The van der Waals surface area contributed by atoms with Gasteiger partial charge in [0.05, 0.1) is 0 Å². The molecule has 3 atom stereocenters. The van der Waals surface area contributed by atoms with Gasteiger partial charge in [-0.1, -0.05) is 0 Å². The number of aromatic nitrogens is 2. The minimum atomic E-state index is 0.657. The van der Waals surface area contributed by atoms with Crippen LogP contribution in [0.2, 0.25) is 0 Å². The largest absolute Gasteiger partial charge is 0.346 e. The van der Waals surface area contributed by atoms with Gasteiger partial charge >= 0.3 is 0 Å². The van der Waals surface area contributed by atoms with E-state index < -0.39 is 0 Å². The molecule has 2 aliphatic heterocycles. The van der Waals surface area contributed by atoms with Crippen molar-refractivity contribution < 1.29 is 0 Å². The van der Waals surface area contributed by atoms with Crippen LogP contribution in [0.4, 0.5) is 5.95 Å². The molecule has 5 heteroatoms. The zero-order chi connectivity index (χ0) is 10.4. The highest BCUT2D eigenvalue weighted by Gasteiger charge is 2.40. The molecule has 2 bridgehead atoms. The molecular weight excluding hydrogens is 208 g/mol. The lowest BCUT2D eigenvalue weighted by molar-refractivity contribution is 0.346. The Bertz CT molecular complexity index is 362. The van der Waals surface area contributed by atoms with Crippen LogP contribution in [-0.4, -0.2) is 48.0 Å². The van der Waals surface area contributed by atoms with Crippen LogP contribution in [0.1, 0.15) is 17.3 Å². The molecule has 3 heterocycles. The smallest absolute Gasteiger partial charge is 0.236 e. The zero-order valence-corrected chi connectivity index (χ0v) is 10.00. The molecule has 3 rings (SSSR count). The second kappa shape index (κ2) is 3.42. The summed E-state index contributed by atoms with van der Waals surface area (Å²) in [6, 6.07) is 0. The SMILES string of the molecule is CN(C)c1nsc([C@@H]2CN3CCC2C3)n1. The van der Waals surface area contributed by atoms with Gasteiger partial charge in [0, 0.05) is 33.1 Å². The third kappa shape index (κ3) is 1.54. The van der Waals surface area contributed by atoms with Crippen molar-refractivity contribution in [3.05, 3.63) is 5.01 Å². The second-order valence-corrected chi connectivity index (χ2v) is 5.53. The highest BCUT2D eigenvalue weighted by atomic mass is 32.1. The Hall–Kier alpha value is -0.680. The summed E-state index contributed by atoms with van der Waals surface area (Å²) in [6.07, 6.45) is 1.35. The van der Waals surface area contributed by atoms with Gasteiger partial charge in [0.15, 0.2) is 0 Å². The maximum Gasteiger partial charge on any atom is 0.236 e. The average Bonchev–Trinajstić information content (AvgIpc) is 2.93. The van der Waals surface area contributed by atoms with Crippen LogP contribution in [0, 0.1) is 5.92 Å². The van der Waals surface area contributed by atoms with Crippen LogP contribution < -0.4 is 4.90 Å². The molecule has 82 valence electrons. The fraction of sp³-hybridized carbons (Fsp3) is 0.800. The van der Waals surface area contributed by atoms with E-state index in [1.807, 2.05) is 19.0 Å². The van der Waals surface area contributed by atoms with E-state index in [1.54, 1.807) is 11.5 Å². The number of hydrogen-bond acceptors (Lipinski definition) is 5. The summed E-state index contributed by atoms with van der Waals surface area (Å²) in [7, 11) is 3.99. The van der Waals surface area contributed by atoms with Gasteiger partial charge in [-0.3, -0.25) is 0 Å². The van der Waals surface area contributed by atoms with Crippen LogP contribution in [0.25, 0.3) is 0 Å². The molecule has 2 aliphatic rings. The third-order valence-corrected chi connectivity index (χ3v) is 4.32. The van der Waals surface area contributed by atoms with E-state index >= 15 is 0 Å². The third-order valence-electron chi connectivity index (χ3n) is 3.48. The first-order valence-corrected chi connectivity index (χ1v) is 6.24. The van der Waals surface area contributed by atoms with E-state index in [9.17, 15) is 0 Å². The Labute approximate surface area is 94.1 Å². The van der Waals surface area contributed by atoms with Crippen molar-refractivity contribution in [3.63, 3.8) is 0 Å². The quantitative estimate of drug-likeness (QED) is 0.751. The van der Waals surface area contributed by atoms with Crippen LogP contribution in [0.3, 0.4) is 0 Å². The van der Waals surface area contributed by atoms with Crippen LogP contribution in [0.15, 0.2) is 0 Å². The van der Waals surface area contributed by atoms with E-state index in [-0.39, 0.29) is 0 Å². The molecule has 0 radical (unpaired) electrons.